The second-order valence-corrected chi connectivity index (χ2v) is 7.97. The molecule has 0 aliphatic carbocycles. The zero-order valence-electron chi connectivity index (χ0n) is 15.8. The van der Waals surface area contributed by atoms with E-state index in [4.69, 9.17) is 4.74 Å². The molecule has 0 bridgehead atoms. The Kier molecular flexibility index (Phi) is 6.76. The first kappa shape index (κ1) is 20.0. The summed E-state index contributed by atoms with van der Waals surface area (Å²) in [5, 5.41) is 0. The number of thiophene rings is 1. The maximum absolute atomic E-state index is 12.3. The first-order chi connectivity index (χ1) is 13.5. The van der Waals surface area contributed by atoms with Gasteiger partial charge in [-0.15, -0.1) is 11.3 Å². The summed E-state index contributed by atoms with van der Waals surface area (Å²) in [6.07, 6.45) is 2.90. The number of carbonyl (C=O) groups excluding carboxylic acids is 3. The molecule has 3 rings (SSSR count). The van der Waals surface area contributed by atoms with Crippen LogP contribution in [-0.4, -0.2) is 42.3 Å². The highest BCUT2D eigenvalue weighted by Crippen LogP contribution is 2.22. The molecule has 146 valence electrons. The highest BCUT2D eigenvalue weighted by Gasteiger charge is 2.19. The summed E-state index contributed by atoms with van der Waals surface area (Å²) >= 11 is 1.42. The van der Waals surface area contributed by atoms with E-state index in [1.807, 2.05) is 37.3 Å². The zero-order valence-corrected chi connectivity index (χ0v) is 16.7. The molecule has 2 heterocycles. The van der Waals surface area contributed by atoms with Crippen LogP contribution in [-0.2, 0) is 14.3 Å². The van der Waals surface area contributed by atoms with Gasteiger partial charge in [-0.3, -0.25) is 14.4 Å². The molecule has 28 heavy (non-hydrogen) atoms. The molecule has 6 heteroatoms. The number of hydrogen-bond acceptors (Lipinski definition) is 5. The molecule has 0 saturated heterocycles. The van der Waals surface area contributed by atoms with Gasteiger partial charge < -0.3 is 9.64 Å². The van der Waals surface area contributed by atoms with Crippen LogP contribution < -0.4 is 0 Å². The number of hydrogen-bond donors (Lipinski definition) is 0. The number of nitrogens with zero attached hydrogens (tertiary/aromatic N) is 1. The first-order valence-electron chi connectivity index (χ1n) is 9.30. The van der Waals surface area contributed by atoms with Crippen molar-refractivity contribution < 1.29 is 19.1 Å². The fraction of sp³-hybridized carbons (Fsp3) is 0.318. The van der Waals surface area contributed by atoms with Crippen molar-refractivity contribution >= 4 is 34.6 Å². The lowest BCUT2D eigenvalue weighted by molar-refractivity contribution is -0.151. The number of ether oxygens (including phenoxy) is 1. The van der Waals surface area contributed by atoms with Gasteiger partial charge in [-0.2, -0.15) is 0 Å². The summed E-state index contributed by atoms with van der Waals surface area (Å²) in [5.74, 6) is -0.805. The van der Waals surface area contributed by atoms with Crippen LogP contribution in [0.1, 0.15) is 39.4 Å². The lowest BCUT2D eigenvalue weighted by Crippen LogP contribution is -2.37. The predicted octanol–water partition coefficient (Wildman–Crippen LogP) is 3.88. The molecule has 0 unspecified atom stereocenters. The number of carbonyl (C=O) groups is 3. The topological polar surface area (TPSA) is 63.7 Å². The monoisotopic (exact) mass is 397 g/mol. The summed E-state index contributed by atoms with van der Waals surface area (Å²) in [4.78, 5) is 39.5. The minimum Gasteiger partial charge on any atom is -0.456 e. The molecular formula is C22H23NO4S. The third-order valence-electron chi connectivity index (χ3n) is 4.63. The minimum atomic E-state index is -0.521. The van der Waals surface area contributed by atoms with Crippen LogP contribution >= 0.6 is 11.3 Å². The van der Waals surface area contributed by atoms with Gasteiger partial charge in [0.1, 0.15) is 0 Å². The highest BCUT2D eigenvalue weighted by molar-refractivity contribution is 7.14. The normalized spacial score (nSPS) is 13.8. The fourth-order valence-corrected chi connectivity index (χ4v) is 3.87. The predicted molar refractivity (Wildman–Crippen MR) is 109 cm³/mol. The van der Waals surface area contributed by atoms with Crippen LogP contribution in [0.25, 0.3) is 5.57 Å². The number of aryl methyl sites for hydroxylation is 1. The molecule has 0 fully saturated rings. The Labute approximate surface area is 168 Å². The number of amides is 1. The van der Waals surface area contributed by atoms with Gasteiger partial charge in [0.05, 0.1) is 11.3 Å². The minimum absolute atomic E-state index is 0.0128. The van der Waals surface area contributed by atoms with Gasteiger partial charge in [-0.25, -0.2) is 0 Å². The Morgan fingerprint density at radius 1 is 1.07 bits per heavy atom. The van der Waals surface area contributed by atoms with Crippen molar-refractivity contribution in [3.05, 3.63) is 63.9 Å². The van der Waals surface area contributed by atoms with Crippen molar-refractivity contribution in [2.45, 2.75) is 26.2 Å². The summed E-state index contributed by atoms with van der Waals surface area (Å²) in [6, 6.07) is 13.7. The molecule has 1 aliphatic rings. The first-order valence-corrected chi connectivity index (χ1v) is 10.1. The molecule has 1 aromatic heterocycles. The van der Waals surface area contributed by atoms with E-state index < -0.39 is 5.97 Å². The van der Waals surface area contributed by atoms with Gasteiger partial charge in [-0.1, -0.05) is 36.4 Å². The van der Waals surface area contributed by atoms with Crippen molar-refractivity contribution in [3.63, 3.8) is 0 Å². The van der Waals surface area contributed by atoms with Crippen LogP contribution in [0.4, 0.5) is 0 Å². The van der Waals surface area contributed by atoms with Crippen LogP contribution in [0.5, 0.6) is 0 Å². The third-order valence-corrected chi connectivity index (χ3v) is 5.68. The van der Waals surface area contributed by atoms with Crippen LogP contribution in [0.3, 0.4) is 0 Å². The van der Waals surface area contributed by atoms with E-state index in [-0.39, 0.29) is 31.1 Å². The summed E-state index contributed by atoms with van der Waals surface area (Å²) in [5.41, 5.74) is 2.40. The molecule has 2 aromatic rings. The van der Waals surface area contributed by atoms with Gasteiger partial charge in [0.2, 0.25) is 0 Å². The van der Waals surface area contributed by atoms with Gasteiger partial charge >= 0.3 is 5.97 Å². The quantitative estimate of drug-likeness (QED) is 0.525. The second kappa shape index (κ2) is 9.46. The highest BCUT2D eigenvalue weighted by atomic mass is 32.1. The van der Waals surface area contributed by atoms with Crippen molar-refractivity contribution in [1.29, 1.82) is 0 Å². The summed E-state index contributed by atoms with van der Waals surface area (Å²) in [7, 11) is 0. The van der Waals surface area contributed by atoms with Crippen LogP contribution in [0, 0.1) is 6.92 Å². The molecule has 1 aliphatic heterocycles. The molecule has 0 saturated carbocycles. The van der Waals surface area contributed by atoms with E-state index in [9.17, 15) is 14.4 Å². The van der Waals surface area contributed by atoms with E-state index in [0.717, 1.165) is 11.3 Å². The lowest BCUT2D eigenvalue weighted by atomic mass is 10.00. The zero-order chi connectivity index (χ0) is 19.9. The average molecular weight is 397 g/mol. The molecule has 0 radical (unpaired) electrons. The van der Waals surface area contributed by atoms with Crippen molar-refractivity contribution in [1.82, 2.24) is 4.90 Å². The van der Waals surface area contributed by atoms with Crippen LogP contribution in [0.2, 0.25) is 0 Å². The van der Waals surface area contributed by atoms with Crippen molar-refractivity contribution in [2.24, 2.45) is 0 Å². The maximum Gasteiger partial charge on any atom is 0.306 e. The van der Waals surface area contributed by atoms with Gasteiger partial charge in [0.25, 0.3) is 5.91 Å². The number of benzene rings is 1. The maximum atomic E-state index is 12.3. The van der Waals surface area contributed by atoms with E-state index >= 15 is 0 Å². The van der Waals surface area contributed by atoms with Gasteiger partial charge in [-0.05, 0) is 36.6 Å². The third kappa shape index (κ3) is 5.39. The summed E-state index contributed by atoms with van der Waals surface area (Å²) < 4.78 is 5.06. The van der Waals surface area contributed by atoms with E-state index in [0.29, 0.717) is 18.0 Å². The summed E-state index contributed by atoms with van der Waals surface area (Å²) in [6.45, 7) is 2.77. The van der Waals surface area contributed by atoms with Gasteiger partial charge in [0.15, 0.2) is 12.4 Å². The number of esters is 1. The van der Waals surface area contributed by atoms with Crippen LogP contribution in [0.15, 0.2) is 48.5 Å². The Morgan fingerprint density at radius 2 is 1.86 bits per heavy atom. The van der Waals surface area contributed by atoms with E-state index in [2.05, 4.69) is 12.1 Å². The number of rotatable bonds is 7. The number of Topliss-reactive ketones (excluding diaryl/α,β-unsaturated/α-hetero) is 1. The Hall–Kier alpha value is -2.73. The molecular weight excluding hydrogens is 374 g/mol. The molecule has 0 spiro atoms. The van der Waals surface area contributed by atoms with E-state index in [1.54, 1.807) is 11.0 Å². The Balaban J connectivity index is 1.40. The fourth-order valence-electron chi connectivity index (χ4n) is 3.04. The average Bonchev–Trinajstić information content (AvgIpc) is 3.17. The Morgan fingerprint density at radius 3 is 2.50 bits per heavy atom. The molecule has 5 nitrogen and oxygen atoms in total. The smallest absolute Gasteiger partial charge is 0.306 e. The number of ketones is 1. The van der Waals surface area contributed by atoms with Crippen molar-refractivity contribution in [3.8, 4) is 0 Å². The molecule has 1 amide bonds. The molecule has 0 atom stereocenters. The lowest BCUT2D eigenvalue weighted by Gasteiger charge is -2.26. The van der Waals surface area contributed by atoms with Gasteiger partial charge in [0, 0.05) is 24.4 Å². The molecule has 0 N–H and O–H groups in total. The second-order valence-electron chi connectivity index (χ2n) is 6.68. The van der Waals surface area contributed by atoms with Crippen molar-refractivity contribution in [2.75, 3.05) is 19.7 Å². The largest absolute Gasteiger partial charge is 0.456 e. The Bertz CT molecular complexity index is 885. The standard InChI is InChI=1S/C22H23NO4S/c1-16-7-9-20(28-16)19(24)8-10-22(26)27-15-21(25)23-13-11-18(12-14-23)17-5-3-2-4-6-17/h2-7,9,11H,8,10,12-15H2,1H3. The van der Waals surface area contributed by atoms with E-state index in [1.165, 1.54) is 22.5 Å². The SMILES string of the molecule is Cc1ccc(C(=O)CCC(=O)OCC(=O)N2CC=C(c3ccccc3)CC2)s1. The molecule has 1 aromatic carbocycles.